The molecule has 5 nitrogen and oxygen atoms in total. The first kappa shape index (κ1) is 20.8. The topological polar surface area (TPSA) is 66.8 Å². The quantitative estimate of drug-likeness (QED) is 0.812. The lowest BCUT2D eigenvalue weighted by molar-refractivity contribution is -0.158. The summed E-state index contributed by atoms with van der Waals surface area (Å²) in [5.74, 6) is -1.83. The number of rotatable bonds is 5. The Morgan fingerprint density at radius 2 is 1.75 bits per heavy atom. The van der Waals surface area contributed by atoms with Crippen molar-refractivity contribution in [3.05, 3.63) is 35.9 Å². The first-order chi connectivity index (χ1) is 13.3. The van der Waals surface area contributed by atoms with E-state index in [1.165, 1.54) is 0 Å². The summed E-state index contributed by atoms with van der Waals surface area (Å²) in [4.78, 5) is 27.6. The Morgan fingerprint density at radius 1 is 1.11 bits per heavy atom. The maximum atomic E-state index is 13.8. The van der Waals surface area contributed by atoms with Crippen molar-refractivity contribution in [1.82, 2.24) is 4.90 Å². The zero-order valence-corrected chi connectivity index (χ0v) is 17.3. The molecule has 0 bridgehead atoms. The molecular weight excluding hydrogens is 354 g/mol. The van der Waals surface area contributed by atoms with Crippen molar-refractivity contribution in [3.63, 3.8) is 0 Å². The van der Waals surface area contributed by atoms with E-state index in [0.29, 0.717) is 19.4 Å². The van der Waals surface area contributed by atoms with E-state index in [2.05, 4.69) is 20.8 Å². The second-order valence-corrected chi connectivity index (χ2v) is 8.92. The van der Waals surface area contributed by atoms with Gasteiger partial charge in [-0.25, -0.2) is 0 Å². The van der Waals surface area contributed by atoms with Crippen LogP contribution in [0.3, 0.4) is 0 Å². The van der Waals surface area contributed by atoms with Crippen LogP contribution in [0.1, 0.15) is 70.9 Å². The molecule has 154 valence electrons. The van der Waals surface area contributed by atoms with Crippen LogP contribution in [-0.4, -0.2) is 40.1 Å². The lowest BCUT2D eigenvalue weighted by Gasteiger charge is -2.46. The highest BCUT2D eigenvalue weighted by Gasteiger charge is 2.43. The molecule has 1 N–H and O–H groups in total. The molecule has 2 fully saturated rings. The summed E-state index contributed by atoms with van der Waals surface area (Å²) in [5.41, 5.74) is 0.805. The van der Waals surface area contributed by atoms with E-state index in [4.69, 9.17) is 4.74 Å². The smallest absolute Gasteiger partial charge is 0.307 e. The van der Waals surface area contributed by atoms with Gasteiger partial charge in [-0.3, -0.25) is 9.59 Å². The van der Waals surface area contributed by atoms with E-state index in [0.717, 1.165) is 31.2 Å². The van der Waals surface area contributed by atoms with Crippen LogP contribution in [0, 0.1) is 11.8 Å². The van der Waals surface area contributed by atoms with Crippen molar-refractivity contribution in [2.75, 3.05) is 6.61 Å². The summed E-state index contributed by atoms with van der Waals surface area (Å²) in [6.07, 6.45) is 4.63. The number of hydrogen-bond donors (Lipinski definition) is 1. The largest absolute Gasteiger partial charge is 0.481 e. The van der Waals surface area contributed by atoms with E-state index in [-0.39, 0.29) is 23.6 Å². The molecule has 1 aromatic rings. The van der Waals surface area contributed by atoms with Crippen molar-refractivity contribution < 1.29 is 19.4 Å². The minimum atomic E-state index is -0.835. The van der Waals surface area contributed by atoms with Gasteiger partial charge >= 0.3 is 5.97 Å². The zero-order chi connectivity index (χ0) is 20.3. The molecule has 28 heavy (non-hydrogen) atoms. The van der Waals surface area contributed by atoms with E-state index >= 15 is 0 Å². The number of carbonyl (C=O) groups is 2. The number of aliphatic carboxylic acids is 1. The standard InChI is InChI=1S/C23H33NO4/c1-16(17-9-5-4-6-10-17)24(18-13-14-28-23(2,3)15-18)21(25)19-11-7-8-12-20(19)22(26)27/h4-6,9-10,16,18-20H,7-8,11-15H2,1-3H3,(H,26,27). The van der Waals surface area contributed by atoms with Crippen molar-refractivity contribution in [2.24, 2.45) is 11.8 Å². The summed E-state index contributed by atoms with van der Waals surface area (Å²) >= 11 is 0. The van der Waals surface area contributed by atoms with Crippen LogP contribution in [-0.2, 0) is 14.3 Å². The van der Waals surface area contributed by atoms with Crippen LogP contribution in [0.15, 0.2) is 30.3 Å². The number of ether oxygens (including phenoxy) is 1. The Kier molecular flexibility index (Phi) is 6.43. The molecule has 0 aromatic heterocycles. The molecule has 1 aromatic carbocycles. The summed E-state index contributed by atoms with van der Waals surface area (Å²) in [6.45, 7) is 6.82. The average molecular weight is 388 g/mol. The van der Waals surface area contributed by atoms with Crippen LogP contribution < -0.4 is 0 Å². The van der Waals surface area contributed by atoms with Gasteiger partial charge in [0.1, 0.15) is 0 Å². The van der Waals surface area contributed by atoms with Crippen molar-refractivity contribution >= 4 is 11.9 Å². The first-order valence-electron chi connectivity index (χ1n) is 10.5. The SMILES string of the molecule is CC(c1ccccc1)N(C(=O)C1CCCCC1C(=O)O)C1CCOC(C)(C)C1. The number of benzene rings is 1. The third kappa shape index (κ3) is 4.57. The number of nitrogens with zero attached hydrogens (tertiary/aromatic N) is 1. The molecule has 5 heteroatoms. The predicted molar refractivity (Wildman–Crippen MR) is 108 cm³/mol. The summed E-state index contributed by atoms with van der Waals surface area (Å²) in [7, 11) is 0. The van der Waals surface area contributed by atoms with Gasteiger partial charge in [0.15, 0.2) is 0 Å². The van der Waals surface area contributed by atoms with Crippen LogP contribution in [0.2, 0.25) is 0 Å². The van der Waals surface area contributed by atoms with Gasteiger partial charge in [-0.05, 0) is 52.0 Å². The Balaban J connectivity index is 1.93. The second kappa shape index (κ2) is 8.64. The lowest BCUT2D eigenvalue weighted by Crippen LogP contribution is -2.52. The fourth-order valence-electron chi connectivity index (χ4n) is 4.93. The summed E-state index contributed by atoms with van der Waals surface area (Å²) < 4.78 is 5.88. The molecule has 0 spiro atoms. The van der Waals surface area contributed by atoms with Crippen molar-refractivity contribution in [2.45, 2.75) is 77.0 Å². The lowest BCUT2D eigenvalue weighted by atomic mass is 9.77. The fraction of sp³-hybridized carbons (Fsp3) is 0.652. The second-order valence-electron chi connectivity index (χ2n) is 8.92. The predicted octanol–water partition coefficient (Wildman–Crippen LogP) is 4.42. The molecule has 4 atom stereocenters. The number of carbonyl (C=O) groups excluding carboxylic acids is 1. The van der Waals surface area contributed by atoms with E-state index < -0.39 is 17.8 Å². The van der Waals surface area contributed by atoms with Gasteiger partial charge in [0.25, 0.3) is 0 Å². The number of carboxylic acid groups (broad SMARTS) is 1. The highest BCUT2D eigenvalue weighted by Crippen LogP contribution is 2.38. The monoisotopic (exact) mass is 387 g/mol. The Labute approximate surface area is 168 Å². The molecule has 2 aliphatic rings. The van der Waals surface area contributed by atoms with E-state index in [1.807, 2.05) is 35.2 Å². The summed E-state index contributed by atoms with van der Waals surface area (Å²) in [6, 6.07) is 10.0. The van der Waals surface area contributed by atoms with Crippen molar-refractivity contribution in [3.8, 4) is 0 Å². The van der Waals surface area contributed by atoms with Crippen LogP contribution in [0.4, 0.5) is 0 Å². The number of amides is 1. The maximum Gasteiger partial charge on any atom is 0.307 e. The third-order valence-corrected chi connectivity index (χ3v) is 6.42. The Hall–Kier alpha value is -1.88. The normalized spacial score (nSPS) is 28.3. The molecular formula is C23H33NO4. The molecule has 1 aliphatic heterocycles. The molecule has 0 radical (unpaired) electrons. The van der Waals surface area contributed by atoms with Crippen LogP contribution >= 0.6 is 0 Å². The minimum absolute atomic E-state index is 0.00570. The number of hydrogen-bond acceptors (Lipinski definition) is 3. The van der Waals surface area contributed by atoms with Gasteiger partial charge in [0.2, 0.25) is 5.91 Å². The van der Waals surface area contributed by atoms with Gasteiger partial charge in [-0.15, -0.1) is 0 Å². The van der Waals surface area contributed by atoms with Crippen molar-refractivity contribution in [1.29, 1.82) is 0 Å². The average Bonchev–Trinajstić information content (AvgIpc) is 2.68. The van der Waals surface area contributed by atoms with Gasteiger partial charge in [0, 0.05) is 12.6 Å². The molecule has 1 saturated carbocycles. The molecule has 1 aliphatic carbocycles. The molecule has 1 amide bonds. The van der Waals surface area contributed by atoms with E-state index in [9.17, 15) is 14.7 Å². The van der Waals surface area contributed by atoms with Crippen LogP contribution in [0.5, 0.6) is 0 Å². The van der Waals surface area contributed by atoms with E-state index in [1.54, 1.807) is 0 Å². The molecule has 1 heterocycles. The summed E-state index contributed by atoms with van der Waals surface area (Å²) in [5, 5.41) is 9.70. The third-order valence-electron chi connectivity index (χ3n) is 6.42. The van der Waals surface area contributed by atoms with Gasteiger partial charge in [-0.1, -0.05) is 43.2 Å². The Morgan fingerprint density at radius 3 is 2.36 bits per heavy atom. The number of carboxylic acids is 1. The molecule has 1 saturated heterocycles. The molecule has 3 rings (SSSR count). The highest BCUT2D eigenvalue weighted by atomic mass is 16.5. The fourth-order valence-corrected chi connectivity index (χ4v) is 4.93. The van der Waals surface area contributed by atoms with Gasteiger partial charge < -0.3 is 14.7 Å². The zero-order valence-electron chi connectivity index (χ0n) is 17.3. The highest BCUT2D eigenvalue weighted by molar-refractivity contribution is 5.85. The molecule has 4 unspecified atom stereocenters. The van der Waals surface area contributed by atoms with Crippen LogP contribution in [0.25, 0.3) is 0 Å². The van der Waals surface area contributed by atoms with Gasteiger partial charge in [-0.2, -0.15) is 0 Å². The first-order valence-corrected chi connectivity index (χ1v) is 10.5. The Bertz CT molecular complexity index is 687. The minimum Gasteiger partial charge on any atom is -0.481 e. The maximum absolute atomic E-state index is 13.8. The van der Waals surface area contributed by atoms with Gasteiger partial charge in [0.05, 0.1) is 23.5 Å².